The van der Waals surface area contributed by atoms with Gasteiger partial charge in [0.25, 0.3) is 5.91 Å². The van der Waals surface area contributed by atoms with Crippen molar-refractivity contribution in [3.05, 3.63) is 58.6 Å². The summed E-state index contributed by atoms with van der Waals surface area (Å²) < 4.78 is 32.6. The van der Waals surface area contributed by atoms with Gasteiger partial charge in [0.05, 0.1) is 17.6 Å². The van der Waals surface area contributed by atoms with E-state index in [9.17, 15) is 13.2 Å². The number of methoxy groups -OCH3 is 1. The standard InChI is InChI=1S/C21H25ClN2O4S/c1-15(2)16-4-7-18(8-5-16)29(26,27)24-12-10-23(11-13-24)21(25)19-9-6-17(22)14-20(19)28-3/h4-9,14-15H,10-13H2,1-3H3. The number of piperazine rings is 1. The average Bonchev–Trinajstić information content (AvgIpc) is 2.73. The number of halogens is 1. The summed E-state index contributed by atoms with van der Waals surface area (Å²) in [5.41, 5.74) is 1.51. The van der Waals surface area contributed by atoms with Gasteiger partial charge in [0.15, 0.2) is 0 Å². The van der Waals surface area contributed by atoms with Crippen LogP contribution in [0, 0.1) is 0 Å². The van der Waals surface area contributed by atoms with Gasteiger partial charge in [-0.1, -0.05) is 37.6 Å². The van der Waals surface area contributed by atoms with Crippen LogP contribution in [0.3, 0.4) is 0 Å². The fourth-order valence-corrected chi connectivity index (χ4v) is 4.90. The molecular weight excluding hydrogens is 412 g/mol. The van der Waals surface area contributed by atoms with Crippen LogP contribution in [0.1, 0.15) is 35.7 Å². The third-order valence-corrected chi connectivity index (χ3v) is 7.25. The fraction of sp³-hybridized carbons (Fsp3) is 0.381. The maximum Gasteiger partial charge on any atom is 0.257 e. The van der Waals surface area contributed by atoms with E-state index >= 15 is 0 Å². The molecule has 0 saturated carbocycles. The van der Waals surface area contributed by atoms with Gasteiger partial charge in [0, 0.05) is 31.2 Å². The largest absolute Gasteiger partial charge is 0.496 e. The summed E-state index contributed by atoms with van der Waals surface area (Å²) in [6.07, 6.45) is 0. The number of sulfonamides is 1. The van der Waals surface area contributed by atoms with Crippen molar-refractivity contribution in [2.24, 2.45) is 0 Å². The molecule has 0 atom stereocenters. The highest BCUT2D eigenvalue weighted by molar-refractivity contribution is 7.89. The lowest BCUT2D eigenvalue weighted by Gasteiger charge is -2.34. The summed E-state index contributed by atoms with van der Waals surface area (Å²) in [7, 11) is -2.10. The molecule has 0 spiro atoms. The molecule has 2 aromatic rings. The van der Waals surface area contributed by atoms with Crippen LogP contribution in [0.15, 0.2) is 47.4 Å². The number of nitrogens with zero attached hydrogens (tertiary/aromatic N) is 2. The van der Waals surface area contributed by atoms with E-state index in [0.717, 1.165) is 5.56 Å². The van der Waals surface area contributed by atoms with Crippen molar-refractivity contribution < 1.29 is 17.9 Å². The van der Waals surface area contributed by atoms with E-state index in [4.69, 9.17) is 16.3 Å². The van der Waals surface area contributed by atoms with Crippen molar-refractivity contribution >= 4 is 27.5 Å². The highest BCUT2D eigenvalue weighted by Gasteiger charge is 2.31. The molecule has 0 N–H and O–H groups in total. The predicted octanol–water partition coefficient (Wildman–Crippen LogP) is 3.62. The lowest BCUT2D eigenvalue weighted by molar-refractivity contribution is 0.0694. The average molecular weight is 437 g/mol. The van der Waals surface area contributed by atoms with Gasteiger partial charge in [-0.25, -0.2) is 8.42 Å². The number of ether oxygens (including phenoxy) is 1. The topological polar surface area (TPSA) is 66.9 Å². The number of carbonyl (C=O) groups is 1. The molecule has 1 saturated heterocycles. The molecule has 0 bridgehead atoms. The summed E-state index contributed by atoms with van der Waals surface area (Å²) in [6.45, 7) is 5.25. The molecule has 1 fully saturated rings. The van der Waals surface area contributed by atoms with Crippen molar-refractivity contribution in [3.63, 3.8) is 0 Å². The predicted molar refractivity (Wildman–Crippen MR) is 113 cm³/mol. The minimum Gasteiger partial charge on any atom is -0.496 e. The summed E-state index contributed by atoms with van der Waals surface area (Å²) in [4.78, 5) is 14.8. The van der Waals surface area contributed by atoms with E-state index in [1.54, 1.807) is 35.2 Å². The number of hydrogen-bond acceptors (Lipinski definition) is 4. The Balaban J connectivity index is 1.70. The first-order chi connectivity index (χ1) is 13.7. The normalized spacial score (nSPS) is 15.6. The summed E-state index contributed by atoms with van der Waals surface area (Å²) in [5, 5.41) is 0.484. The SMILES string of the molecule is COc1cc(Cl)ccc1C(=O)N1CCN(S(=O)(=O)c2ccc(C(C)C)cc2)CC1. The Kier molecular flexibility index (Phi) is 6.51. The van der Waals surface area contributed by atoms with Gasteiger partial charge in [-0.15, -0.1) is 0 Å². The second-order valence-electron chi connectivity index (χ2n) is 7.26. The fourth-order valence-electron chi connectivity index (χ4n) is 3.32. The van der Waals surface area contributed by atoms with Gasteiger partial charge in [-0.2, -0.15) is 4.31 Å². The van der Waals surface area contributed by atoms with Crippen molar-refractivity contribution in [1.29, 1.82) is 0 Å². The van der Waals surface area contributed by atoms with E-state index in [1.165, 1.54) is 11.4 Å². The second kappa shape index (κ2) is 8.73. The molecule has 0 aromatic heterocycles. The molecule has 1 heterocycles. The van der Waals surface area contributed by atoms with Crippen molar-refractivity contribution in [2.75, 3.05) is 33.3 Å². The van der Waals surface area contributed by atoms with E-state index in [-0.39, 0.29) is 23.9 Å². The molecule has 6 nitrogen and oxygen atoms in total. The minimum absolute atomic E-state index is 0.197. The molecule has 0 unspecified atom stereocenters. The van der Waals surface area contributed by atoms with Crippen LogP contribution < -0.4 is 4.74 Å². The van der Waals surface area contributed by atoms with Crippen molar-refractivity contribution in [1.82, 2.24) is 9.21 Å². The first kappa shape index (κ1) is 21.6. The smallest absolute Gasteiger partial charge is 0.257 e. The van der Waals surface area contributed by atoms with Crippen LogP contribution in [0.4, 0.5) is 0 Å². The molecule has 1 amide bonds. The number of benzene rings is 2. The van der Waals surface area contributed by atoms with E-state index < -0.39 is 10.0 Å². The highest BCUT2D eigenvalue weighted by Crippen LogP contribution is 2.26. The third kappa shape index (κ3) is 4.57. The van der Waals surface area contributed by atoms with Gasteiger partial charge < -0.3 is 9.64 Å². The van der Waals surface area contributed by atoms with Gasteiger partial charge >= 0.3 is 0 Å². The van der Waals surface area contributed by atoms with E-state index in [1.807, 2.05) is 12.1 Å². The third-order valence-electron chi connectivity index (χ3n) is 5.10. The summed E-state index contributed by atoms with van der Waals surface area (Å²) in [6, 6.07) is 11.9. The van der Waals surface area contributed by atoms with Crippen molar-refractivity contribution in [2.45, 2.75) is 24.7 Å². The van der Waals surface area contributed by atoms with Crippen LogP contribution in [-0.4, -0.2) is 56.8 Å². The number of carbonyl (C=O) groups excluding carboxylic acids is 1. The van der Waals surface area contributed by atoms with Gasteiger partial charge in [0.2, 0.25) is 10.0 Å². The van der Waals surface area contributed by atoms with Gasteiger partial charge in [-0.3, -0.25) is 4.79 Å². The van der Waals surface area contributed by atoms with Crippen LogP contribution in [0.5, 0.6) is 5.75 Å². The summed E-state index contributed by atoms with van der Waals surface area (Å²) in [5.74, 6) is 0.547. The zero-order valence-corrected chi connectivity index (χ0v) is 18.3. The Bertz CT molecular complexity index is 982. The van der Waals surface area contributed by atoms with Crippen LogP contribution in [-0.2, 0) is 10.0 Å². The lowest BCUT2D eigenvalue weighted by atomic mass is 10.0. The van der Waals surface area contributed by atoms with Crippen LogP contribution in [0.2, 0.25) is 5.02 Å². The van der Waals surface area contributed by atoms with E-state index in [0.29, 0.717) is 35.3 Å². The Morgan fingerprint density at radius 3 is 2.21 bits per heavy atom. The zero-order chi connectivity index (χ0) is 21.2. The van der Waals surface area contributed by atoms with Gasteiger partial charge in [0.1, 0.15) is 5.75 Å². The zero-order valence-electron chi connectivity index (χ0n) is 16.8. The maximum atomic E-state index is 12.9. The first-order valence-corrected chi connectivity index (χ1v) is 11.3. The van der Waals surface area contributed by atoms with Crippen LogP contribution in [0.25, 0.3) is 0 Å². The second-order valence-corrected chi connectivity index (χ2v) is 9.64. The van der Waals surface area contributed by atoms with Gasteiger partial charge in [-0.05, 0) is 41.8 Å². The Hall–Kier alpha value is -2.09. The molecule has 1 aliphatic rings. The molecule has 156 valence electrons. The molecule has 1 aliphatic heterocycles. The number of rotatable bonds is 5. The summed E-state index contributed by atoms with van der Waals surface area (Å²) >= 11 is 5.96. The molecule has 8 heteroatoms. The first-order valence-electron chi connectivity index (χ1n) is 9.47. The lowest BCUT2D eigenvalue weighted by Crippen LogP contribution is -2.50. The maximum absolute atomic E-state index is 12.9. The molecule has 0 radical (unpaired) electrons. The van der Waals surface area contributed by atoms with Crippen molar-refractivity contribution in [3.8, 4) is 5.75 Å². The van der Waals surface area contributed by atoms with Crippen LogP contribution >= 0.6 is 11.6 Å². The molecule has 29 heavy (non-hydrogen) atoms. The highest BCUT2D eigenvalue weighted by atomic mass is 35.5. The molecular formula is C21H25ClN2O4S. The Labute approximate surface area is 177 Å². The quantitative estimate of drug-likeness (QED) is 0.718. The number of amides is 1. The van der Waals surface area contributed by atoms with E-state index in [2.05, 4.69) is 13.8 Å². The minimum atomic E-state index is -3.58. The Morgan fingerprint density at radius 1 is 1.03 bits per heavy atom. The monoisotopic (exact) mass is 436 g/mol. The molecule has 0 aliphatic carbocycles. The molecule has 2 aromatic carbocycles. The Morgan fingerprint density at radius 2 is 1.66 bits per heavy atom. The number of hydrogen-bond donors (Lipinski definition) is 0. The molecule has 3 rings (SSSR count).